The minimum absolute atomic E-state index is 0.0406. The van der Waals surface area contributed by atoms with Gasteiger partial charge in [0.05, 0.1) is 0 Å². The van der Waals surface area contributed by atoms with Crippen LogP contribution < -0.4 is 0 Å². The molecule has 0 aromatic heterocycles. The van der Waals surface area contributed by atoms with Gasteiger partial charge >= 0.3 is 5.97 Å². The minimum Gasteiger partial charge on any atom is -0.478 e. The first-order valence-corrected chi connectivity index (χ1v) is 3.68. The first-order chi connectivity index (χ1) is 5.49. The van der Waals surface area contributed by atoms with Gasteiger partial charge in [0.2, 0.25) is 0 Å². The number of hydrogen-bond donors (Lipinski definition) is 1. The van der Waals surface area contributed by atoms with Gasteiger partial charge in [-0.3, -0.25) is 0 Å². The number of hydrogen-bond acceptors (Lipinski definition) is 1. The lowest BCUT2D eigenvalue weighted by Crippen LogP contribution is -2.00. The summed E-state index contributed by atoms with van der Waals surface area (Å²) in [5.74, 6) is -0.941. The number of carbonyl (C=O) groups is 1. The zero-order valence-corrected chi connectivity index (χ0v) is 7.50. The molecule has 0 spiro atoms. The molecule has 2 heteroatoms. The van der Waals surface area contributed by atoms with Crippen LogP contribution in [0.2, 0.25) is 0 Å². The molecule has 0 aliphatic heterocycles. The average molecular weight is 166 g/mol. The van der Waals surface area contributed by atoms with Crippen molar-refractivity contribution in [2.75, 3.05) is 0 Å². The second-order valence-corrected chi connectivity index (χ2v) is 2.76. The van der Waals surface area contributed by atoms with Crippen molar-refractivity contribution in [3.05, 3.63) is 36.5 Å². The summed E-state index contributed by atoms with van der Waals surface area (Å²) < 4.78 is 0. The first kappa shape index (κ1) is 10.7. The third-order valence-corrected chi connectivity index (χ3v) is 1.59. The third kappa shape index (κ3) is 3.19. The van der Waals surface area contributed by atoms with E-state index in [0.29, 0.717) is 5.57 Å². The van der Waals surface area contributed by atoms with Gasteiger partial charge in [0.25, 0.3) is 0 Å². The van der Waals surface area contributed by atoms with Crippen LogP contribution in [0.25, 0.3) is 0 Å². The highest BCUT2D eigenvalue weighted by molar-refractivity contribution is 5.85. The molecule has 0 rings (SSSR count). The van der Waals surface area contributed by atoms with E-state index in [0.717, 1.165) is 5.57 Å². The lowest BCUT2D eigenvalue weighted by atomic mass is 9.99. The number of carboxylic acids is 1. The van der Waals surface area contributed by atoms with Gasteiger partial charge in [0.1, 0.15) is 0 Å². The van der Waals surface area contributed by atoms with Gasteiger partial charge in [-0.25, -0.2) is 4.79 Å². The fourth-order valence-electron chi connectivity index (χ4n) is 0.752. The van der Waals surface area contributed by atoms with Crippen molar-refractivity contribution in [3.63, 3.8) is 0 Å². The van der Waals surface area contributed by atoms with E-state index >= 15 is 0 Å². The lowest BCUT2D eigenvalue weighted by Gasteiger charge is -2.06. The van der Waals surface area contributed by atoms with Crippen molar-refractivity contribution in [3.8, 4) is 0 Å². The van der Waals surface area contributed by atoms with E-state index in [1.54, 1.807) is 19.1 Å². The molecule has 0 aromatic carbocycles. The topological polar surface area (TPSA) is 37.3 Å². The summed E-state index contributed by atoms with van der Waals surface area (Å²) in [6.45, 7) is 10.7. The van der Waals surface area contributed by atoms with E-state index in [2.05, 4.69) is 13.2 Å². The molecule has 0 amide bonds. The molecule has 0 heterocycles. The Bertz CT molecular complexity index is 236. The van der Waals surface area contributed by atoms with Crippen LogP contribution in [0.4, 0.5) is 0 Å². The van der Waals surface area contributed by atoms with E-state index in [4.69, 9.17) is 5.11 Å². The Morgan fingerprint density at radius 1 is 1.50 bits per heavy atom. The summed E-state index contributed by atoms with van der Waals surface area (Å²) in [5.41, 5.74) is 1.22. The van der Waals surface area contributed by atoms with Crippen molar-refractivity contribution >= 4 is 5.97 Å². The van der Waals surface area contributed by atoms with Crippen molar-refractivity contribution in [2.24, 2.45) is 5.92 Å². The van der Waals surface area contributed by atoms with Crippen molar-refractivity contribution in [1.82, 2.24) is 0 Å². The molecule has 0 fully saturated rings. The summed E-state index contributed by atoms with van der Waals surface area (Å²) in [6.07, 6.45) is 3.31. The smallest absolute Gasteiger partial charge is 0.330 e. The summed E-state index contributed by atoms with van der Waals surface area (Å²) >= 11 is 0. The molecule has 0 saturated heterocycles. The molecular formula is C10H14O2. The van der Waals surface area contributed by atoms with Crippen LogP contribution in [0, 0.1) is 5.92 Å². The fraction of sp³-hybridized carbons (Fsp3) is 0.300. The number of aliphatic carboxylic acids is 1. The summed E-state index contributed by atoms with van der Waals surface area (Å²) in [7, 11) is 0. The molecule has 66 valence electrons. The zero-order chi connectivity index (χ0) is 9.72. The summed E-state index contributed by atoms with van der Waals surface area (Å²) in [5, 5.41) is 8.58. The van der Waals surface area contributed by atoms with E-state index in [1.165, 1.54) is 0 Å². The van der Waals surface area contributed by atoms with Gasteiger partial charge < -0.3 is 5.11 Å². The summed E-state index contributed by atoms with van der Waals surface area (Å²) in [4.78, 5) is 10.4. The average Bonchev–Trinajstić information content (AvgIpc) is 1.98. The van der Waals surface area contributed by atoms with Crippen LogP contribution in [0.15, 0.2) is 36.5 Å². The third-order valence-electron chi connectivity index (χ3n) is 1.59. The monoisotopic (exact) mass is 166 g/mol. The SMILES string of the molecule is C=CC(/C=C(\C)C(=O)O)C(=C)C. The Kier molecular flexibility index (Phi) is 4.05. The highest BCUT2D eigenvalue weighted by Gasteiger charge is 2.05. The molecule has 0 aliphatic rings. The first-order valence-electron chi connectivity index (χ1n) is 3.68. The van der Waals surface area contributed by atoms with Crippen LogP contribution in [0.3, 0.4) is 0 Å². The lowest BCUT2D eigenvalue weighted by molar-refractivity contribution is -0.132. The predicted octanol–water partition coefficient (Wildman–Crippen LogP) is 2.40. The van der Waals surface area contributed by atoms with Crippen molar-refractivity contribution in [1.29, 1.82) is 0 Å². The van der Waals surface area contributed by atoms with E-state index in [1.807, 2.05) is 6.92 Å². The predicted molar refractivity (Wildman–Crippen MR) is 49.9 cm³/mol. The number of rotatable bonds is 4. The number of carboxylic acid groups (broad SMARTS) is 1. The number of allylic oxidation sites excluding steroid dienone is 3. The second kappa shape index (κ2) is 4.54. The van der Waals surface area contributed by atoms with Gasteiger partial charge in [-0.1, -0.05) is 24.3 Å². The molecule has 1 N–H and O–H groups in total. The van der Waals surface area contributed by atoms with Gasteiger partial charge in [0.15, 0.2) is 0 Å². The molecule has 2 nitrogen and oxygen atoms in total. The van der Waals surface area contributed by atoms with E-state index < -0.39 is 5.97 Å². The van der Waals surface area contributed by atoms with Crippen LogP contribution in [-0.2, 0) is 4.79 Å². The van der Waals surface area contributed by atoms with Crippen LogP contribution >= 0.6 is 0 Å². The maximum absolute atomic E-state index is 10.4. The van der Waals surface area contributed by atoms with Crippen molar-refractivity contribution in [2.45, 2.75) is 13.8 Å². The van der Waals surface area contributed by atoms with Gasteiger partial charge in [0, 0.05) is 11.5 Å². The Labute approximate surface area is 72.9 Å². The molecule has 0 saturated carbocycles. The largest absolute Gasteiger partial charge is 0.478 e. The molecule has 12 heavy (non-hydrogen) atoms. The van der Waals surface area contributed by atoms with Gasteiger partial charge in [-0.15, -0.1) is 6.58 Å². The van der Waals surface area contributed by atoms with E-state index in [9.17, 15) is 4.79 Å². The standard InChI is InChI=1S/C10H14O2/c1-5-9(7(2)3)6-8(4)10(11)12/h5-6,9H,1-2H2,3-4H3,(H,11,12)/b8-6+. The Morgan fingerprint density at radius 2 is 2.00 bits per heavy atom. The van der Waals surface area contributed by atoms with E-state index in [-0.39, 0.29) is 5.92 Å². The Hall–Kier alpha value is -1.31. The van der Waals surface area contributed by atoms with Gasteiger partial charge in [-0.2, -0.15) is 0 Å². The highest BCUT2D eigenvalue weighted by atomic mass is 16.4. The summed E-state index contributed by atoms with van der Waals surface area (Å²) in [6, 6.07) is 0. The minimum atomic E-state index is -0.900. The molecule has 1 unspecified atom stereocenters. The molecule has 0 aliphatic carbocycles. The Morgan fingerprint density at radius 3 is 2.25 bits per heavy atom. The van der Waals surface area contributed by atoms with Crippen LogP contribution in [0.5, 0.6) is 0 Å². The highest BCUT2D eigenvalue weighted by Crippen LogP contribution is 2.13. The molecule has 1 atom stereocenters. The Balaban J connectivity index is 4.57. The second-order valence-electron chi connectivity index (χ2n) is 2.76. The maximum atomic E-state index is 10.4. The van der Waals surface area contributed by atoms with Crippen molar-refractivity contribution < 1.29 is 9.90 Å². The molecular weight excluding hydrogens is 152 g/mol. The maximum Gasteiger partial charge on any atom is 0.330 e. The quantitative estimate of drug-likeness (QED) is 0.514. The normalized spacial score (nSPS) is 13.7. The molecule has 0 bridgehead atoms. The molecule has 0 aromatic rings. The van der Waals surface area contributed by atoms with Gasteiger partial charge in [-0.05, 0) is 13.8 Å². The fourth-order valence-corrected chi connectivity index (χ4v) is 0.752. The van der Waals surface area contributed by atoms with Crippen LogP contribution in [0.1, 0.15) is 13.8 Å². The van der Waals surface area contributed by atoms with Crippen LogP contribution in [-0.4, -0.2) is 11.1 Å². The molecule has 0 radical (unpaired) electrons. The zero-order valence-electron chi connectivity index (χ0n) is 7.50.